The van der Waals surface area contributed by atoms with E-state index in [4.69, 9.17) is 9.47 Å². The highest BCUT2D eigenvalue weighted by atomic mass is 16.5. The van der Waals surface area contributed by atoms with E-state index in [0.717, 1.165) is 4.90 Å². The Morgan fingerprint density at radius 1 is 0.848 bits per heavy atom. The molecule has 1 aliphatic rings. The SMILES string of the molecule is CCOc1ccc(N2C(=O)c3ccc(C(=O)O[C@H](C)C(=O)c4ccccc4)cc3C2=O)cc1. The number of hydrogen-bond donors (Lipinski definition) is 0. The van der Waals surface area contributed by atoms with Gasteiger partial charge in [0.15, 0.2) is 6.10 Å². The Bertz CT molecular complexity index is 1230. The molecular weight excluding hydrogens is 422 g/mol. The lowest BCUT2D eigenvalue weighted by Gasteiger charge is -2.14. The van der Waals surface area contributed by atoms with Gasteiger partial charge in [-0.15, -0.1) is 0 Å². The van der Waals surface area contributed by atoms with Crippen molar-refractivity contribution in [3.8, 4) is 5.75 Å². The number of carbonyl (C=O) groups excluding carboxylic acids is 4. The van der Waals surface area contributed by atoms with E-state index in [9.17, 15) is 19.2 Å². The molecule has 1 heterocycles. The summed E-state index contributed by atoms with van der Waals surface area (Å²) in [6.45, 7) is 3.85. The molecule has 0 saturated heterocycles. The number of esters is 1. The molecule has 166 valence electrons. The highest BCUT2D eigenvalue weighted by Gasteiger charge is 2.37. The Labute approximate surface area is 190 Å². The summed E-state index contributed by atoms with van der Waals surface area (Å²) >= 11 is 0. The first-order chi connectivity index (χ1) is 15.9. The molecule has 2 amide bonds. The molecule has 7 heteroatoms. The lowest BCUT2D eigenvalue weighted by atomic mass is 10.1. The molecule has 0 aromatic heterocycles. The maximum Gasteiger partial charge on any atom is 0.338 e. The van der Waals surface area contributed by atoms with Crippen molar-refractivity contribution < 1.29 is 28.7 Å². The number of fused-ring (bicyclic) bond motifs is 1. The maximum atomic E-state index is 13.0. The zero-order chi connectivity index (χ0) is 23.5. The fraction of sp³-hybridized carbons (Fsp3) is 0.154. The highest BCUT2D eigenvalue weighted by Crippen LogP contribution is 2.30. The summed E-state index contributed by atoms with van der Waals surface area (Å²) in [5.74, 6) is -1.48. The third-order valence-electron chi connectivity index (χ3n) is 5.24. The number of ketones is 1. The largest absolute Gasteiger partial charge is 0.494 e. The number of nitrogens with zero attached hydrogens (tertiary/aromatic N) is 1. The number of imide groups is 1. The van der Waals surface area contributed by atoms with Crippen molar-refractivity contribution in [2.75, 3.05) is 11.5 Å². The lowest BCUT2D eigenvalue weighted by molar-refractivity contribution is 0.0318. The lowest BCUT2D eigenvalue weighted by Crippen LogP contribution is -2.29. The number of carbonyl (C=O) groups is 4. The van der Waals surface area contributed by atoms with Gasteiger partial charge in [-0.3, -0.25) is 14.4 Å². The van der Waals surface area contributed by atoms with Crippen LogP contribution in [0.5, 0.6) is 5.75 Å². The Balaban J connectivity index is 1.52. The third kappa shape index (κ3) is 4.25. The van der Waals surface area contributed by atoms with Crippen molar-refractivity contribution in [3.63, 3.8) is 0 Å². The zero-order valence-corrected chi connectivity index (χ0v) is 18.1. The van der Waals surface area contributed by atoms with E-state index >= 15 is 0 Å². The van der Waals surface area contributed by atoms with E-state index in [0.29, 0.717) is 23.6 Å². The predicted octanol–water partition coefficient (Wildman–Crippen LogP) is 4.31. The van der Waals surface area contributed by atoms with E-state index in [1.165, 1.54) is 25.1 Å². The molecule has 7 nitrogen and oxygen atoms in total. The Hall–Kier alpha value is -4.26. The normalized spacial score (nSPS) is 13.5. The van der Waals surface area contributed by atoms with E-state index < -0.39 is 23.9 Å². The molecular formula is C26H21NO6. The second kappa shape index (κ2) is 9.08. The molecule has 0 aliphatic carbocycles. The van der Waals surface area contributed by atoms with Crippen molar-refractivity contribution in [2.45, 2.75) is 20.0 Å². The minimum absolute atomic E-state index is 0.0798. The van der Waals surface area contributed by atoms with Gasteiger partial charge in [-0.05, 0) is 56.3 Å². The average molecular weight is 443 g/mol. The van der Waals surface area contributed by atoms with Crippen molar-refractivity contribution in [1.29, 1.82) is 0 Å². The van der Waals surface area contributed by atoms with Gasteiger partial charge in [0.05, 0.1) is 29.0 Å². The summed E-state index contributed by atoms with van der Waals surface area (Å²) in [5.41, 5.74) is 1.20. The summed E-state index contributed by atoms with van der Waals surface area (Å²) < 4.78 is 10.7. The van der Waals surface area contributed by atoms with Crippen LogP contribution in [0.3, 0.4) is 0 Å². The summed E-state index contributed by atoms with van der Waals surface area (Å²) in [6, 6.07) is 19.3. The van der Waals surface area contributed by atoms with Gasteiger partial charge in [-0.2, -0.15) is 0 Å². The first kappa shape index (κ1) is 22.0. The summed E-state index contributed by atoms with van der Waals surface area (Å²) in [6.07, 6.45) is -1.01. The van der Waals surface area contributed by atoms with Gasteiger partial charge in [-0.25, -0.2) is 9.69 Å². The van der Waals surface area contributed by atoms with Crippen molar-refractivity contribution in [1.82, 2.24) is 0 Å². The number of anilines is 1. The molecule has 33 heavy (non-hydrogen) atoms. The van der Waals surface area contributed by atoms with E-state index in [1.54, 1.807) is 54.6 Å². The average Bonchev–Trinajstić information content (AvgIpc) is 3.09. The number of ether oxygens (including phenoxy) is 2. The quantitative estimate of drug-likeness (QED) is 0.307. The second-order valence-corrected chi connectivity index (χ2v) is 7.41. The van der Waals surface area contributed by atoms with Crippen LogP contribution in [-0.4, -0.2) is 36.3 Å². The van der Waals surface area contributed by atoms with Crippen LogP contribution >= 0.6 is 0 Å². The van der Waals surface area contributed by atoms with Crippen molar-refractivity contribution in [3.05, 3.63) is 95.1 Å². The van der Waals surface area contributed by atoms with Gasteiger partial charge in [0, 0.05) is 5.56 Å². The molecule has 1 aliphatic heterocycles. The maximum absolute atomic E-state index is 13.0. The monoisotopic (exact) mass is 443 g/mol. The second-order valence-electron chi connectivity index (χ2n) is 7.41. The summed E-state index contributed by atoms with van der Waals surface area (Å²) in [7, 11) is 0. The van der Waals surface area contributed by atoms with Gasteiger partial charge in [-0.1, -0.05) is 30.3 Å². The number of Topliss-reactive ketones (excluding diaryl/α,β-unsaturated/α-hetero) is 1. The van der Waals surface area contributed by atoms with Crippen LogP contribution in [-0.2, 0) is 4.74 Å². The summed E-state index contributed by atoms with van der Waals surface area (Å²) in [4.78, 5) is 52.0. The number of amides is 2. The first-order valence-corrected chi connectivity index (χ1v) is 10.5. The minimum atomic E-state index is -1.01. The van der Waals surface area contributed by atoms with Crippen molar-refractivity contribution >= 4 is 29.3 Å². The minimum Gasteiger partial charge on any atom is -0.494 e. The van der Waals surface area contributed by atoms with Gasteiger partial charge in [0.25, 0.3) is 11.8 Å². The molecule has 4 rings (SSSR count). The molecule has 3 aromatic rings. The topological polar surface area (TPSA) is 90.0 Å². The summed E-state index contributed by atoms with van der Waals surface area (Å²) in [5, 5.41) is 0. The molecule has 0 bridgehead atoms. The fourth-order valence-corrected chi connectivity index (χ4v) is 3.58. The van der Waals surface area contributed by atoms with Crippen LogP contribution in [0.1, 0.15) is 55.3 Å². The molecule has 0 radical (unpaired) electrons. The van der Waals surface area contributed by atoms with E-state index in [-0.39, 0.29) is 22.5 Å². The number of hydrogen-bond acceptors (Lipinski definition) is 6. The Morgan fingerprint density at radius 2 is 1.52 bits per heavy atom. The van der Waals surface area contributed by atoms with Crippen LogP contribution in [0.4, 0.5) is 5.69 Å². The highest BCUT2D eigenvalue weighted by molar-refractivity contribution is 6.34. The van der Waals surface area contributed by atoms with E-state index in [2.05, 4.69) is 0 Å². The van der Waals surface area contributed by atoms with Crippen molar-refractivity contribution in [2.24, 2.45) is 0 Å². The van der Waals surface area contributed by atoms with Crippen LogP contribution in [0.25, 0.3) is 0 Å². The van der Waals surface area contributed by atoms with Crippen LogP contribution in [0, 0.1) is 0 Å². The van der Waals surface area contributed by atoms with Gasteiger partial charge in [0.2, 0.25) is 5.78 Å². The smallest absolute Gasteiger partial charge is 0.338 e. The zero-order valence-electron chi connectivity index (χ0n) is 18.1. The standard InChI is InChI=1S/C26H21NO6/c1-3-32-20-12-10-19(11-13-20)27-24(29)21-14-9-18(15-22(21)25(27)30)26(31)33-16(2)23(28)17-7-5-4-6-8-17/h4-16H,3H2,1-2H3/t16-/m1/s1. The van der Waals surface area contributed by atoms with Crippen LogP contribution in [0.15, 0.2) is 72.8 Å². The molecule has 1 atom stereocenters. The van der Waals surface area contributed by atoms with Gasteiger partial charge in [0.1, 0.15) is 5.75 Å². The molecule has 0 N–H and O–H groups in total. The van der Waals surface area contributed by atoms with E-state index in [1.807, 2.05) is 6.92 Å². The fourth-order valence-electron chi connectivity index (χ4n) is 3.58. The Kier molecular flexibility index (Phi) is 6.04. The van der Waals surface area contributed by atoms with Gasteiger partial charge < -0.3 is 9.47 Å². The number of benzene rings is 3. The van der Waals surface area contributed by atoms with Gasteiger partial charge >= 0.3 is 5.97 Å². The number of rotatable bonds is 7. The molecule has 0 saturated carbocycles. The van der Waals surface area contributed by atoms with Crippen LogP contribution in [0.2, 0.25) is 0 Å². The molecule has 3 aromatic carbocycles. The van der Waals surface area contributed by atoms with Crippen LogP contribution < -0.4 is 9.64 Å². The first-order valence-electron chi connectivity index (χ1n) is 10.5. The Morgan fingerprint density at radius 3 is 2.18 bits per heavy atom. The predicted molar refractivity (Wildman–Crippen MR) is 121 cm³/mol. The molecule has 0 spiro atoms. The molecule has 0 fully saturated rings. The molecule has 0 unspecified atom stereocenters. The third-order valence-corrected chi connectivity index (χ3v) is 5.24.